The Labute approximate surface area is 191 Å². The van der Waals surface area contributed by atoms with E-state index in [2.05, 4.69) is 10.3 Å². The Morgan fingerprint density at radius 1 is 1.03 bits per heavy atom. The minimum Gasteiger partial charge on any atom is -0.486 e. The summed E-state index contributed by atoms with van der Waals surface area (Å²) in [4.78, 5) is 17.3. The highest BCUT2D eigenvalue weighted by molar-refractivity contribution is 5.77. The van der Waals surface area contributed by atoms with E-state index in [0.29, 0.717) is 32.6 Å². The van der Waals surface area contributed by atoms with Gasteiger partial charge in [0.05, 0.1) is 23.4 Å². The number of nitrogens with zero attached hydrogens (tertiary/aromatic N) is 2. The maximum atomic E-state index is 13.5. The predicted octanol–water partition coefficient (Wildman–Crippen LogP) is 4.44. The van der Waals surface area contributed by atoms with Gasteiger partial charge in [0.15, 0.2) is 11.5 Å². The number of carbonyl (C=O) groups is 1. The first-order chi connectivity index (χ1) is 16.2. The second-order valence-corrected chi connectivity index (χ2v) is 8.04. The number of benzene rings is 3. The second kappa shape index (κ2) is 9.32. The summed E-state index contributed by atoms with van der Waals surface area (Å²) >= 11 is 0. The quantitative estimate of drug-likeness (QED) is 0.457. The lowest BCUT2D eigenvalue weighted by atomic mass is 10.0. The summed E-state index contributed by atoms with van der Waals surface area (Å²) in [6.07, 6.45) is 2.66. The van der Waals surface area contributed by atoms with Crippen molar-refractivity contribution in [1.29, 1.82) is 0 Å². The number of para-hydroxylation sites is 2. The smallest absolute Gasteiger partial charge is 0.220 e. The van der Waals surface area contributed by atoms with E-state index in [-0.39, 0.29) is 17.8 Å². The van der Waals surface area contributed by atoms with Gasteiger partial charge >= 0.3 is 0 Å². The summed E-state index contributed by atoms with van der Waals surface area (Å²) in [5.74, 6) is 1.06. The topological polar surface area (TPSA) is 65.4 Å². The zero-order chi connectivity index (χ0) is 22.6. The van der Waals surface area contributed by atoms with Crippen LogP contribution in [0.3, 0.4) is 0 Å². The third-order valence-corrected chi connectivity index (χ3v) is 5.76. The lowest BCUT2D eigenvalue weighted by Crippen LogP contribution is -2.31. The van der Waals surface area contributed by atoms with Gasteiger partial charge in [-0.2, -0.15) is 0 Å². The summed E-state index contributed by atoms with van der Waals surface area (Å²) in [6, 6.07) is 19.5. The van der Waals surface area contributed by atoms with Crippen molar-refractivity contribution < 1.29 is 18.7 Å². The molecule has 0 fully saturated rings. The van der Waals surface area contributed by atoms with Crippen molar-refractivity contribution in [1.82, 2.24) is 14.9 Å². The minimum atomic E-state index is -0.323. The summed E-state index contributed by atoms with van der Waals surface area (Å²) in [6.45, 7) is 1.56. The van der Waals surface area contributed by atoms with Gasteiger partial charge in [-0.15, -0.1) is 0 Å². The van der Waals surface area contributed by atoms with Gasteiger partial charge in [-0.1, -0.05) is 30.3 Å². The first kappa shape index (κ1) is 21.0. The molecule has 0 spiro atoms. The molecule has 7 heteroatoms. The second-order valence-electron chi connectivity index (χ2n) is 8.04. The standard InChI is InChI=1S/C26H24FN3O3/c27-20-9-7-19(8-10-20)22(16-30-17-28-21-3-1-2-4-23(21)30)29-26(31)12-6-18-5-11-24-25(15-18)33-14-13-32-24/h1-5,7-11,15,17,22H,6,12-14,16H2,(H,29,31). The summed E-state index contributed by atoms with van der Waals surface area (Å²) in [5, 5.41) is 3.12. The molecule has 168 valence electrons. The molecule has 0 radical (unpaired) electrons. The number of aromatic nitrogens is 2. The number of nitrogens with one attached hydrogen (secondary N) is 1. The molecule has 4 aromatic rings. The average Bonchev–Trinajstić information content (AvgIpc) is 3.25. The summed E-state index contributed by atoms with van der Waals surface area (Å²) in [5.41, 5.74) is 3.71. The highest BCUT2D eigenvalue weighted by atomic mass is 19.1. The van der Waals surface area contributed by atoms with Crippen LogP contribution in [-0.2, 0) is 17.8 Å². The minimum absolute atomic E-state index is 0.0800. The van der Waals surface area contributed by atoms with Crippen LogP contribution >= 0.6 is 0 Å². The molecule has 0 bridgehead atoms. The molecule has 1 atom stereocenters. The van der Waals surface area contributed by atoms with Crippen LogP contribution in [0.2, 0.25) is 0 Å². The van der Waals surface area contributed by atoms with E-state index < -0.39 is 0 Å². The van der Waals surface area contributed by atoms with Crippen LogP contribution in [0, 0.1) is 5.82 Å². The molecule has 0 saturated heterocycles. The number of imidazole rings is 1. The van der Waals surface area contributed by atoms with Gasteiger partial charge in [-0.05, 0) is 53.9 Å². The molecule has 0 aliphatic carbocycles. The van der Waals surface area contributed by atoms with E-state index in [9.17, 15) is 9.18 Å². The highest BCUT2D eigenvalue weighted by Crippen LogP contribution is 2.31. The average molecular weight is 445 g/mol. The maximum absolute atomic E-state index is 13.5. The molecule has 2 heterocycles. The van der Waals surface area contributed by atoms with E-state index >= 15 is 0 Å². The number of hydrogen-bond donors (Lipinski definition) is 1. The van der Waals surface area contributed by atoms with Crippen LogP contribution < -0.4 is 14.8 Å². The Balaban J connectivity index is 1.30. The van der Waals surface area contributed by atoms with Crippen molar-refractivity contribution in [2.45, 2.75) is 25.4 Å². The van der Waals surface area contributed by atoms with Crippen LogP contribution in [0.15, 0.2) is 73.1 Å². The third kappa shape index (κ3) is 4.82. The number of fused-ring (bicyclic) bond motifs is 2. The molecule has 1 aliphatic rings. The number of amides is 1. The number of rotatable bonds is 7. The first-order valence-corrected chi connectivity index (χ1v) is 11.0. The van der Waals surface area contributed by atoms with Gasteiger partial charge in [0.2, 0.25) is 5.91 Å². The Morgan fingerprint density at radius 2 is 1.82 bits per heavy atom. The Morgan fingerprint density at radius 3 is 2.67 bits per heavy atom. The van der Waals surface area contributed by atoms with Gasteiger partial charge in [0.25, 0.3) is 0 Å². The zero-order valence-corrected chi connectivity index (χ0v) is 18.0. The molecular formula is C26H24FN3O3. The van der Waals surface area contributed by atoms with E-state index in [1.807, 2.05) is 47.0 Å². The number of halogens is 1. The van der Waals surface area contributed by atoms with Crippen LogP contribution in [0.4, 0.5) is 4.39 Å². The number of ether oxygens (including phenoxy) is 2. The van der Waals surface area contributed by atoms with Crippen molar-refractivity contribution in [3.8, 4) is 11.5 Å². The zero-order valence-electron chi connectivity index (χ0n) is 18.0. The monoisotopic (exact) mass is 445 g/mol. The van der Waals surface area contributed by atoms with Crippen LogP contribution in [0.25, 0.3) is 11.0 Å². The van der Waals surface area contributed by atoms with Crippen LogP contribution in [0.5, 0.6) is 11.5 Å². The van der Waals surface area contributed by atoms with Crippen molar-refractivity contribution in [3.05, 3.63) is 90.0 Å². The van der Waals surface area contributed by atoms with Gasteiger partial charge in [-0.25, -0.2) is 9.37 Å². The fourth-order valence-electron chi connectivity index (χ4n) is 4.05. The van der Waals surface area contributed by atoms with Gasteiger partial charge < -0.3 is 19.4 Å². The van der Waals surface area contributed by atoms with Gasteiger partial charge in [0, 0.05) is 13.0 Å². The van der Waals surface area contributed by atoms with Gasteiger partial charge in [0.1, 0.15) is 19.0 Å². The molecule has 1 amide bonds. The van der Waals surface area contributed by atoms with Crippen molar-refractivity contribution >= 4 is 16.9 Å². The molecule has 1 N–H and O–H groups in total. The predicted molar refractivity (Wildman–Crippen MR) is 123 cm³/mol. The Hall–Kier alpha value is -3.87. The maximum Gasteiger partial charge on any atom is 0.220 e. The fourth-order valence-corrected chi connectivity index (χ4v) is 4.05. The van der Waals surface area contributed by atoms with Crippen LogP contribution in [-0.4, -0.2) is 28.7 Å². The molecule has 1 aliphatic heterocycles. The lowest BCUT2D eigenvalue weighted by molar-refractivity contribution is -0.121. The van der Waals surface area contributed by atoms with Crippen molar-refractivity contribution in [2.75, 3.05) is 13.2 Å². The van der Waals surface area contributed by atoms with E-state index in [4.69, 9.17) is 9.47 Å². The summed E-state index contributed by atoms with van der Waals surface area (Å²) in [7, 11) is 0. The molecule has 1 aromatic heterocycles. The van der Waals surface area contributed by atoms with Crippen LogP contribution in [0.1, 0.15) is 23.6 Å². The number of aryl methyl sites for hydroxylation is 1. The molecule has 6 nitrogen and oxygen atoms in total. The first-order valence-electron chi connectivity index (χ1n) is 11.0. The fraction of sp³-hybridized carbons (Fsp3) is 0.231. The highest BCUT2D eigenvalue weighted by Gasteiger charge is 2.18. The van der Waals surface area contributed by atoms with Gasteiger partial charge in [-0.3, -0.25) is 4.79 Å². The third-order valence-electron chi connectivity index (χ3n) is 5.76. The molecule has 3 aromatic carbocycles. The number of carbonyl (C=O) groups excluding carboxylic acids is 1. The Kier molecular flexibility index (Phi) is 5.93. The normalized spacial score (nSPS) is 13.6. The molecular weight excluding hydrogens is 421 g/mol. The summed E-state index contributed by atoms with van der Waals surface area (Å²) < 4.78 is 26.7. The number of hydrogen-bond acceptors (Lipinski definition) is 4. The van der Waals surface area contributed by atoms with E-state index in [1.165, 1.54) is 12.1 Å². The molecule has 33 heavy (non-hydrogen) atoms. The Bertz CT molecular complexity index is 1270. The lowest BCUT2D eigenvalue weighted by Gasteiger charge is -2.21. The SMILES string of the molecule is O=C(CCc1ccc2c(c1)OCCO2)NC(Cn1cnc2ccccc21)c1ccc(F)cc1. The van der Waals surface area contributed by atoms with E-state index in [1.54, 1.807) is 18.5 Å². The molecule has 1 unspecified atom stereocenters. The molecule has 0 saturated carbocycles. The van der Waals surface area contributed by atoms with E-state index in [0.717, 1.165) is 33.7 Å². The van der Waals surface area contributed by atoms with Crippen molar-refractivity contribution in [2.24, 2.45) is 0 Å². The van der Waals surface area contributed by atoms with Crippen molar-refractivity contribution in [3.63, 3.8) is 0 Å². The largest absolute Gasteiger partial charge is 0.486 e. The molecule has 5 rings (SSSR count).